The summed E-state index contributed by atoms with van der Waals surface area (Å²) >= 11 is 3.35. The molecule has 2 aromatic rings. The molecule has 0 aliphatic rings. The molecule has 2 aromatic heterocycles. The predicted octanol–water partition coefficient (Wildman–Crippen LogP) is 3.90. The van der Waals surface area contributed by atoms with Gasteiger partial charge in [0.05, 0.1) is 16.6 Å². The van der Waals surface area contributed by atoms with Crippen LogP contribution in [-0.2, 0) is 5.41 Å². The number of thiophene rings is 1. The molecule has 0 saturated heterocycles. The molecule has 0 fully saturated rings. The second kappa shape index (κ2) is 5.69. The number of aryl methyl sites for hydroxylation is 1. The fourth-order valence-electron chi connectivity index (χ4n) is 2.04. The maximum atomic E-state index is 4.36. The van der Waals surface area contributed by atoms with Gasteiger partial charge in [0.2, 0.25) is 0 Å². The van der Waals surface area contributed by atoms with Crippen LogP contribution in [0.3, 0.4) is 0 Å². The zero-order valence-corrected chi connectivity index (χ0v) is 13.8. The number of nitrogens with zero attached hydrogens (tertiary/aromatic N) is 2. The van der Waals surface area contributed by atoms with Gasteiger partial charge in [-0.2, -0.15) is 0 Å². The second-order valence-corrected chi connectivity index (χ2v) is 7.78. The summed E-state index contributed by atoms with van der Waals surface area (Å²) in [6, 6.07) is 4.60. The lowest BCUT2D eigenvalue weighted by Crippen LogP contribution is -2.24. The van der Waals surface area contributed by atoms with Crippen molar-refractivity contribution in [3.63, 3.8) is 0 Å². The molecule has 19 heavy (non-hydrogen) atoms. The van der Waals surface area contributed by atoms with Gasteiger partial charge in [-0.05, 0) is 37.1 Å². The van der Waals surface area contributed by atoms with Crippen molar-refractivity contribution in [2.24, 2.45) is 0 Å². The molecule has 2 heterocycles. The van der Waals surface area contributed by atoms with Gasteiger partial charge in [-0.15, -0.1) is 16.4 Å². The molecule has 0 saturated carbocycles. The first-order chi connectivity index (χ1) is 8.93. The van der Waals surface area contributed by atoms with Crippen molar-refractivity contribution in [2.45, 2.75) is 46.1 Å². The average molecular weight is 295 g/mol. The van der Waals surface area contributed by atoms with E-state index in [4.69, 9.17) is 0 Å². The highest BCUT2D eigenvalue weighted by atomic mass is 32.1. The van der Waals surface area contributed by atoms with E-state index in [1.807, 2.05) is 11.3 Å². The van der Waals surface area contributed by atoms with Crippen LogP contribution in [0.15, 0.2) is 12.1 Å². The van der Waals surface area contributed by atoms with Crippen LogP contribution in [0.2, 0.25) is 0 Å². The van der Waals surface area contributed by atoms with Gasteiger partial charge in [-0.25, -0.2) is 0 Å². The fraction of sp³-hybridized carbons (Fsp3) is 0.571. The van der Waals surface area contributed by atoms with Crippen molar-refractivity contribution >= 4 is 22.9 Å². The second-order valence-electron chi connectivity index (χ2n) is 5.67. The molecule has 104 valence electrons. The molecular formula is C14H21N3S2. The van der Waals surface area contributed by atoms with Crippen molar-refractivity contribution < 1.29 is 0 Å². The Balaban J connectivity index is 2.43. The highest BCUT2D eigenvalue weighted by molar-refractivity contribution is 7.12. The van der Waals surface area contributed by atoms with Crippen molar-refractivity contribution in [1.82, 2.24) is 14.9 Å². The van der Waals surface area contributed by atoms with E-state index in [2.05, 4.69) is 61.7 Å². The topological polar surface area (TPSA) is 37.8 Å². The molecular weight excluding hydrogens is 274 g/mol. The van der Waals surface area contributed by atoms with Crippen LogP contribution in [0, 0.1) is 6.92 Å². The molecule has 0 bridgehead atoms. The summed E-state index contributed by atoms with van der Waals surface area (Å²) in [5.74, 6) is 0. The van der Waals surface area contributed by atoms with Gasteiger partial charge in [0.1, 0.15) is 0 Å². The lowest BCUT2D eigenvalue weighted by atomic mass is 9.90. The number of hydrogen-bond donors (Lipinski definition) is 1. The van der Waals surface area contributed by atoms with Gasteiger partial charge in [0.25, 0.3) is 0 Å². The van der Waals surface area contributed by atoms with Gasteiger partial charge in [-0.3, -0.25) is 0 Å². The van der Waals surface area contributed by atoms with Crippen LogP contribution in [0.4, 0.5) is 0 Å². The van der Waals surface area contributed by atoms with E-state index in [9.17, 15) is 0 Å². The third kappa shape index (κ3) is 3.22. The Morgan fingerprint density at radius 3 is 2.58 bits per heavy atom. The van der Waals surface area contributed by atoms with Crippen molar-refractivity contribution in [3.8, 4) is 0 Å². The summed E-state index contributed by atoms with van der Waals surface area (Å²) in [5.41, 5.74) is 1.14. The standard InChI is InChI=1S/C14H21N3S2/c1-6-15-11(10-8-7-9(2)18-10)12-13(14(3,4)5)16-17-19-12/h7-8,11,15H,6H2,1-5H3. The van der Waals surface area contributed by atoms with Gasteiger partial charge < -0.3 is 5.32 Å². The molecule has 0 radical (unpaired) electrons. The predicted molar refractivity (Wildman–Crippen MR) is 83.2 cm³/mol. The molecule has 5 heteroatoms. The van der Waals surface area contributed by atoms with Crippen molar-refractivity contribution in [1.29, 1.82) is 0 Å². The van der Waals surface area contributed by atoms with Crippen LogP contribution in [0.5, 0.6) is 0 Å². The number of hydrogen-bond acceptors (Lipinski definition) is 5. The number of rotatable bonds is 4. The molecule has 1 N–H and O–H groups in total. The SMILES string of the molecule is CCNC(c1ccc(C)s1)c1snnc1C(C)(C)C. The summed E-state index contributed by atoms with van der Waals surface area (Å²) in [6.07, 6.45) is 0. The van der Waals surface area contributed by atoms with Crippen molar-refractivity contribution in [3.05, 3.63) is 32.5 Å². The maximum Gasteiger partial charge on any atom is 0.0860 e. The molecule has 1 unspecified atom stereocenters. The highest BCUT2D eigenvalue weighted by Gasteiger charge is 2.28. The van der Waals surface area contributed by atoms with E-state index in [1.54, 1.807) is 0 Å². The Morgan fingerprint density at radius 2 is 2.05 bits per heavy atom. The first-order valence-electron chi connectivity index (χ1n) is 6.56. The van der Waals surface area contributed by atoms with Gasteiger partial charge in [0.15, 0.2) is 0 Å². The highest BCUT2D eigenvalue weighted by Crippen LogP contribution is 2.35. The van der Waals surface area contributed by atoms with Crippen LogP contribution >= 0.6 is 22.9 Å². The average Bonchev–Trinajstić information content (AvgIpc) is 2.93. The first-order valence-corrected chi connectivity index (χ1v) is 8.15. The summed E-state index contributed by atoms with van der Waals surface area (Å²) in [7, 11) is 0. The Bertz CT molecular complexity index is 537. The quantitative estimate of drug-likeness (QED) is 0.929. The molecule has 0 aliphatic heterocycles. The summed E-state index contributed by atoms with van der Waals surface area (Å²) in [6.45, 7) is 11.8. The van der Waals surface area contributed by atoms with E-state index < -0.39 is 0 Å². The minimum Gasteiger partial charge on any atom is -0.305 e. The molecule has 0 spiro atoms. The van der Waals surface area contributed by atoms with Crippen LogP contribution in [-0.4, -0.2) is 16.1 Å². The molecule has 0 amide bonds. The van der Waals surface area contributed by atoms with Crippen molar-refractivity contribution in [2.75, 3.05) is 6.54 Å². The molecule has 0 aromatic carbocycles. The normalized spacial score (nSPS) is 13.7. The molecule has 2 rings (SSSR count). The lowest BCUT2D eigenvalue weighted by molar-refractivity contribution is 0.545. The number of nitrogens with one attached hydrogen (secondary N) is 1. The third-order valence-corrected chi connectivity index (χ3v) is 4.79. The minimum atomic E-state index is 0.0301. The van der Waals surface area contributed by atoms with E-state index in [0.29, 0.717) is 0 Å². The largest absolute Gasteiger partial charge is 0.305 e. The maximum absolute atomic E-state index is 4.36. The van der Waals surface area contributed by atoms with Gasteiger partial charge in [0, 0.05) is 15.2 Å². The number of aromatic nitrogens is 2. The Morgan fingerprint density at radius 1 is 1.32 bits per heavy atom. The van der Waals surface area contributed by atoms with E-state index >= 15 is 0 Å². The van der Waals surface area contributed by atoms with Crippen LogP contribution < -0.4 is 5.32 Å². The molecule has 0 aliphatic carbocycles. The smallest absolute Gasteiger partial charge is 0.0860 e. The molecule has 1 atom stereocenters. The fourth-order valence-corrected chi connectivity index (χ4v) is 4.04. The van der Waals surface area contributed by atoms with E-state index in [0.717, 1.165) is 12.2 Å². The Labute approximate surface area is 123 Å². The monoisotopic (exact) mass is 295 g/mol. The first kappa shape index (κ1) is 14.6. The summed E-state index contributed by atoms with van der Waals surface area (Å²) < 4.78 is 4.18. The lowest BCUT2D eigenvalue weighted by Gasteiger charge is -2.21. The third-order valence-electron chi connectivity index (χ3n) is 2.94. The van der Waals surface area contributed by atoms with E-state index in [-0.39, 0.29) is 11.5 Å². The van der Waals surface area contributed by atoms with E-state index in [1.165, 1.54) is 26.2 Å². The molecule has 3 nitrogen and oxygen atoms in total. The van der Waals surface area contributed by atoms with Crippen LogP contribution in [0.1, 0.15) is 54.1 Å². The summed E-state index contributed by atoms with van der Waals surface area (Å²) in [5, 5.41) is 7.92. The van der Waals surface area contributed by atoms with Crippen LogP contribution in [0.25, 0.3) is 0 Å². The van der Waals surface area contributed by atoms with Gasteiger partial charge in [-0.1, -0.05) is 32.2 Å². The Hall–Kier alpha value is -0.780. The zero-order valence-electron chi connectivity index (χ0n) is 12.2. The summed E-state index contributed by atoms with van der Waals surface area (Å²) in [4.78, 5) is 3.93. The van der Waals surface area contributed by atoms with Gasteiger partial charge >= 0.3 is 0 Å². The zero-order chi connectivity index (χ0) is 14.0. The Kier molecular flexibility index (Phi) is 4.38. The minimum absolute atomic E-state index is 0.0301.